The first-order valence-corrected chi connectivity index (χ1v) is 8.00. The fraction of sp³-hybridized carbons (Fsp3) is 0.500. The molecule has 2 unspecified atom stereocenters. The average molecular weight is 314 g/mol. The van der Waals surface area contributed by atoms with E-state index in [1.165, 1.54) is 6.21 Å². The smallest absolute Gasteiger partial charge is 0.376 e. The summed E-state index contributed by atoms with van der Waals surface area (Å²) in [5, 5.41) is 8.04. The molecule has 23 heavy (non-hydrogen) atoms. The Morgan fingerprint density at radius 1 is 1.39 bits per heavy atom. The van der Waals surface area contributed by atoms with E-state index in [2.05, 4.69) is 31.1 Å². The van der Waals surface area contributed by atoms with E-state index in [-0.39, 0.29) is 11.3 Å². The molecule has 0 amide bonds. The predicted molar refractivity (Wildman–Crippen MR) is 88.2 cm³/mol. The van der Waals surface area contributed by atoms with Crippen LogP contribution in [0.1, 0.15) is 45.6 Å². The normalized spacial score (nSPS) is 26.7. The third-order valence-corrected chi connectivity index (χ3v) is 4.49. The molecule has 1 aliphatic carbocycles. The minimum Gasteiger partial charge on any atom is -0.376 e. The Morgan fingerprint density at radius 2 is 2.13 bits per heavy atom. The van der Waals surface area contributed by atoms with Crippen LogP contribution in [0.25, 0.3) is 0 Å². The van der Waals surface area contributed by atoms with Gasteiger partial charge in [0, 0.05) is 11.8 Å². The second-order valence-electron chi connectivity index (χ2n) is 7.18. The Kier molecular flexibility index (Phi) is 3.96. The topological polar surface area (TPSA) is 60.2 Å². The van der Waals surface area contributed by atoms with Gasteiger partial charge in [-0.25, -0.2) is 4.79 Å². The number of hydrogen-bond donors (Lipinski definition) is 0. The number of oxime groups is 2. The Bertz CT molecular complexity index is 646. The lowest BCUT2D eigenvalue weighted by Gasteiger charge is -2.26. The van der Waals surface area contributed by atoms with Crippen LogP contribution in [0, 0.1) is 11.3 Å². The van der Waals surface area contributed by atoms with Crippen LogP contribution in [0.5, 0.6) is 0 Å². The van der Waals surface area contributed by atoms with Crippen LogP contribution in [-0.4, -0.2) is 23.5 Å². The van der Waals surface area contributed by atoms with Crippen molar-refractivity contribution in [3.8, 4) is 0 Å². The molecule has 2 atom stereocenters. The third kappa shape index (κ3) is 2.87. The maximum atomic E-state index is 12.6. The monoisotopic (exact) mass is 314 g/mol. The molecular formula is C18H22N2O3. The Hall–Kier alpha value is -2.17. The Labute approximate surface area is 136 Å². The van der Waals surface area contributed by atoms with Gasteiger partial charge in [0.1, 0.15) is 0 Å². The molecule has 3 rings (SSSR count). The maximum Gasteiger partial charge on any atom is 0.381 e. The Balaban J connectivity index is 1.71. The standard InChI is InChI=1S/C18H22N2O3/c1-17(2,3)15-14-10-7-11-18(14,23-20-15)16(21)22-19-12-13-8-5-4-6-9-13/h4-6,8-9,12,14H,7,10-11H2,1-3H3/b19-12+. The number of hydrogen-bond acceptors (Lipinski definition) is 5. The second-order valence-corrected chi connectivity index (χ2v) is 7.18. The first-order valence-electron chi connectivity index (χ1n) is 8.00. The van der Waals surface area contributed by atoms with Crippen molar-refractivity contribution in [3.05, 3.63) is 35.9 Å². The highest BCUT2D eigenvalue weighted by Gasteiger charge is 2.60. The summed E-state index contributed by atoms with van der Waals surface area (Å²) in [6.45, 7) is 6.26. The fourth-order valence-electron chi connectivity index (χ4n) is 3.33. The van der Waals surface area contributed by atoms with E-state index in [4.69, 9.17) is 9.68 Å². The summed E-state index contributed by atoms with van der Waals surface area (Å²) >= 11 is 0. The molecule has 5 heteroatoms. The molecule has 1 aromatic rings. The van der Waals surface area contributed by atoms with Crippen LogP contribution in [-0.2, 0) is 14.5 Å². The van der Waals surface area contributed by atoms with E-state index in [0.29, 0.717) is 6.42 Å². The van der Waals surface area contributed by atoms with Crippen molar-refractivity contribution in [1.82, 2.24) is 0 Å². The van der Waals surface area contributed by atoms with Gasteiger partial charge in [-0.15, -0.1) is 0 Å². The van der Waals surface area contributed by atoms with Crippen molar-refractivity contribution in [3.63, 3.8) is 0 Å². The van der Waals surface area contributed by atoms with E-state index >= 15 is 0 Å². The minimum absolute atomic E-state index is 0.0121. The molecule has 1 fully saturated rings. The number of fused-ring (bicyclic) bond motifs is 1. The van der Waals surface area contributed by atoms with Gasteiger partial charge in [0.25, 0.3) is 0 Å². The summed E-state index contributed by atoms with van der Waals surface area (Å²) in [6.07, 6.45) is 3.98. The van der Waals surface area contributed by atoms with Gasteiger partial charge >= 0.3 is 5.97 Å². The third-order valence-electron chi connectivity index (χ3n) is 4.49. The summed E-state index contributed by atoms with van der Waals surface area (Å²) in [6, 6.07) is 9.50. The molecular weight excluding hydrogens is 292 g/mol. The summed E-state index contributed by atoms with van der Waals surface area (Å²) in [5.41, 5.74) is 0.708. The zero-order valence-corrected chi connectivity index (χ0v) is 13.8. The van der Waals surface area contributed by atoms with Crippen LogP contribution >= 0.6 is 0 Å². The minimum atomic E-state index is -0.989. The number of nitrogens with zero attached hydrogens (tertiary/aromatic N) is 2. The van der Waals surface area contributed by atoms with Gasteiger partial charge in [0.15, 0.2) is 0 Å². The van der Waals surface area contributed by atoms with Crippen LogP contribution in [0.3, 0.4) is 0 Å². The van der Waals surface area contributed by atoms with E-state index < -0.39 is 11.6 Å². The lowest BCUT2D eigenvalue weighted by atomic mass is 9.76. The SMILES string of the molecule is CC(C)(C)C1=NOC2(C(=O)O/N=C/c3ccccc3)CCCC12. The van der Waals surface area contributed by atoms with Crippen LogP contribution in [0.2, 0.25) is 0 Å². The van der Waals surface area contributed by atoms with Crippen molar-refractivity contribution < 1.29 is 14.5 Å². The fourth-order valence-corrected chi connectivity index (χ4v) is 3.33. The molecule has 1 aliphatic heterocycles. The van der Waals surface area contributed by atoms with E-state index in [0.717, 1.165) is 24.1 Å². The van der Waals surface area contributed by atoms with Gasteiger partial charge in [0.2, 0.25) is 5.60 Å². The zero-order chi connectivity index (χ0) is 16.5. The first-order chi connectivity index (χ1) is 10.9. The van der Waals surface area contributed by atoms with Crippen LogP contribution in [0.4, 0.5) is 0 Å². The molecule has 2 aliphatic rings. The van der Waals surface area contributed by atoms with Crippen LogP contribution < -0.4 is 0 Å². The van der Waals surface area contributed by atoms with Crippen LogP contribution in [0.15, 0.2) is 40.6 Å². The van der Waals surface area contributed by atoms with Gasteiger partial charge in [-0.05, 0) is 18.4 Å². The summed E-state index contributed by atoms with van der Waals surface area (Å²) < 4.78 is 0. The van der Waals surface area contributed by atoms with E-state index in [1.54, 1.807) is 0 Å². The molecule has 0 radical (unpaired) electrons. The van der Waals surface area contributed by atoms with Gasteiger partial charge in [-0.2, -0.15) is 0 Å². The van der Waals surface area contributed by atoms with Gasteiger partial charge in [-0.1, -0.05) is 61.4 Å². The average Bonchev–Trinajstić information content (AvgIpc) is 3.06. The molecule has 5 nitrogen and oxygen atoms in total. The number of rotatable bonds is 3. The lowest BCUT2D eigenvalue weighted by molar-refractivity contribution is -0.171. The highest BCUT2D eigenvalue weighted by atomic mass is 16.7. The van der Waals surface area contributed by atoms with Crippen molar-refractivity contribution >= 4 is 17.9 Å². The highest BCUT2D eigenvalue weighted by Crippen LogP contribution is 2.48. The van der Waals surface area contributed by atoms with E-state index in [9.17, 15) is 4.79 Å². The van der Waals surface area contributed by atoms with Crippen molar-refractivity contribution in [1.29, 1.82) is 0 Å². The quantitative estimate of drug-likeness (QED) is 0.487. The van der Waals surface area contributed by atoms with Crippen molar-refractivity contribution in [2.45, 2.75) is 45.6 Å². The summed E-state index contributed by atoms with van der Waals surface area (Å²) in [7, 11) is 0. The van der Waals surface area contributed by atoms with Crippen molar-refractivity contribution in [2.24, 2.45) is 21.6 Å². The maximum absolute atomic E-state index is 12.6. The number of carbonyl (C=O) groups is 1. The molecule has 1 saturated carbocycles. The first kappa shape index (κ1) is 15.7. The predicted octanol–water partition coefficient (Wildman–Crippen LogP) is 3.53. The van der Waals surface area contributed by atoms with Gasteiger partial charge < -0.3 is 9.68 Å². The molecule has 0 spiro atoms. The summed E-state index contributed by atoms with van der Waals surface area (Å²) in [5.74, 6) is -0.461. The summed E-state index contributed by atoms with van der Waals surface area (Å²) in [4.78, 5) is 23.3. The molecule has 0 saturated heterocycles. The second kappa shape index (κ2) is 5.80. The molecule has 1 heterocycles. The largest absolute Gasteiger partial charge is 0.381 e. The van der Waals surface area contributed by atoms with Gasteiger partial charge in [-0.3, -0.25) is 0 Å². The molecule has 0 N–H and O–H groups in total. The van der Waals surface area contributed by atoms with Gasteiger partial charge in [0.05, 0.1) is 17.8 Å². The molecule has 1 aromatic carbocycles. The lowest BCUT2D eigenvalue weighted by Crippen LogP contribution is -2.45. The number of benzene rings is 1. The van der Waals surface area contributed by atoms with E-state index in [1.807, 2.05) is 30.3 Å². The number of carbonyl (C=O) groups excluding carboxylic acids is 1. The Morgan fingerprint density at radius 3 is 2.83 bits per heavy atom. The zero-order valence-electron chi connectivity index (χ0n) is 13.8. The molecule has 0 aromatic heterocycles. The van der Waals surface area contributed by atoms with Crippen molar-refractivity contribution in [2.75, 3.05) is 0 Å². The highest BCUT2D eigenvalue weighted by molar-refractivity contribution is 5.99. The molecule has 122 valence electrons. The molecule has 0 bridgehead atoms.